The minimum absolute atomic E-state index is 0. The molecular weight excluding hydrogens is 465 g/mol. The van der Waals surface area contributed by atoms with Gasteiger partial charge < -0.3 is 15.1 Å². The smallest absolute Gasteiger partial charge is 0.270 e. The Morgan fingerprint density at radius 2 is 1.97 bits per heavy atom. The molecule has 1 saturated carbocycles. The average Bonchev–Trinajstić information content (AvgIpc) is 3.51. The lowest BCUT2D eigenvalue weighted by Gasteiger charge is -2.22. The summed E-state index contributed by atoms with van der Waals surface area (Å²) in [7, 11) is 4.10. The van der Waals surface area contributed by atoms with E-state index in [-0.39, 0.29) is 42.4 Å². The van der Waals surface area contributed by atoms with E-state index in [1.807, 2.05) is 12.1 Å². The van der Waals surface area contributed by atoms with Crippen LogP contribution < -0.4 is 15.8 Å². The molecule has 0 bridgehead atoms. The number of likely N-dealkylation sites (N-methyl/N-ethyl adjacent to an activating group) is 1. The van der Waals surface area contributed by atoms with Crippen LogP contribution in [0.2, 0.25) is 0 Å². The van der Waals surface area contributed by atoms with Gasteiger partial charge in [-0.2, -0.15) is 23.7 Å². The molecule has 1 N–H and O–H groups in total. The van der Waals surface area contributed by atoms with Crippen molar-refractivity contribution < 1.29 is 4.39 Å². The van der Waals surface area contributed by atoms with Gasteiger partial charge in [-0.15, -0.1) is 0 Å². The lowest BCUT2D eigenvalue weighted by atomic mass is 10.2. The molecule has 0 unspecified atom stereocenters. The van der Waals surface area contributed by atoms with Crippen LogP contribution in [0.15, 0.2) is 35.3 Å². The zero-order valence-corrected chi connectivity index (χ0v) is 21.0. The number of pyridine rings is 1. The molecule has 0 spiro atoms. The maximum atomic E-state index is 15.0. The first-order valence-electron chi connectivity index (χ1n) is 11.7. The van der Waals surface area contributed by atoms with Crippen molar-refractivity contribution in [1.29, 1.82) is 5.26 Å². The summed E-state index contributed by atoms with van der Waals surface area (Å²) in [6, 6.07) is 9.03. The van der Waals surface area contributed by atoms with Gasteiger partial charge in [0.15, 0.2) is 0 Å². The van der Waals surface area contributed by atoms with Crippen LogP contribution in [0.3, 0.4) is 0 Å². The number of nitrogens with zero attached hydrogens (tertiary/aromatic N) is 6. The van der Waals surface area contributed by atoms with Crippen molar-refractivity contribution in [2.24, 2.45) is 0 Å². The molecule has 1 atom stereocenters. The van der Waals surface area contributed by atoms with Crippen molar-refractivity contribution in [2.45, 2.75) is 44.2 Å². The van der Waals surface area contributed by atoms with E-state index in [1.54, 1.807) is 22.9 Å². The van der Waals surface area contributed by atoms with Gasteiger partial charge in [-0.05, 0) is 57.6 Å². The maximum Gasteiger partial charge on any atom is 0.270 e. The summed E-state index contributed by atoms with van der Waals surface area (Å²) < 4.78 is 16.6. The van der Waals surface area contributed by atoms with Crippen molar-refractivity contribution in [3.05, 3.63) is 52.2 Å². The summed E-state index contributed by atoms with van der Waals surface area (Å²) in [6.07, 6.45) is 6.47. The number of anilines is 3. The lowest BCUT2D eigenvalue weighted by Crippen LogP contribution is -2.31. The van der Waals surface area contributed by atoms with Crippen molar-refractivity contribution in [1.82, 2.24) is 19.4 Å². The number of nitrogens with one attached hydrogen (secondary N) is 1. The Bertz CT molecular complexity index is 1330. The topological polar surface area (TPSA) is 90.1 Å². The van der Waals surface area contributed by atoms with Crippen LogP contribution in [0.5, 0.6) is 0 Å². The van der Waals surface area contributed by atoms with Gasteiger partial charge in [0.1, 0.15) is 23.1 Å². The first-order valence-corrected chi connectivity index (χ1v) is 11.7. The van der Waals surface area contributed by atoms with E-state index in [4.69, 9.17) is 0 Å². The standard InChI is InChI=1S/C25H28FN7O.H2S/c1-31(2)20-9-10-32(15-20)22-8-7-18(12-21(22)26)29-25-28-14-17-11-16(13-27)24(34)33(23(17)30-25)19-5-3-4-6-19;/h7-8,11-12,14,19-20H,3-6,9-10,15H2,1-2H3,(H,28,29,30);1H2/t20-;/m0./s1. The van der Waals surface area contributed by atoms with E-state index < -0.39 is 0 Å². The Kier molecular flexibility index (Phi) is 7.28. The summed E-state index contributed by atoms with van der Waals surface area (Å²) in [4.78, 5) is 26.1. The third kappa shape index (κ3) is 4.83. The number of halogens is 1. The number of rotatable bonds is 5. The predicted molar refractivity (Wildman–Crippen MR) is 140 cm³/mol. The van der Waals surface area contributed by atoms with Crippen LogP contribution in [0.4, 0.5) is 21.7 Å². The third-order valence-electron chi connectivity index (χ3n) is 7.02. The molecular formula is C25H30FN7OS. The zero-order chi connectivity index (χ0) is 23.8. The number of hydrogen-bond donors (Lipinski definition) is 1. The minimum atomic E-state index is -0.316. The van der Waals surface area contributed by atoms with Gasteiger partial charge in [-0.25, -0.2) is 9.37 Å². The van der Waals surface area contributed by atoms with E-state index >= 15 is 0 Å². The zero-order valence-electron chi connectivity index (χ0n) is 20.0. The van der Waals surface area contributed by atoms with Crippen molar-refractivity contribution in [3.63, 3.8) is 0 Å². The molecule has 1 saturated heterocycles. The molecule has 2 aromatic heterocycles. The van der Waals surface area contributed by atoms with E-state index in [0.29, 0.717) is 28.5 Å². The highest BCUT2D eigenvalue weighted by molar-refractivity contribution is 7.59. The molecule has 0 amide bonds. The molecule has 1 aromatic carbocycles. The van der Waals surface area contributed by atoms with Crippen LogP contribution in [0.1, 0.15) is 43.7 Å². The van der Waals surface area contributed by atoms with Crippen molar-refractivity contribution in [3.8, 4) is 6.07 Å². The fourth-order valence-corrected chi connectivity index (χ4v) is 5.11. The molecule has 10 heteroatoms. The SMILES string of the molecule is CN(C)[C@H]1CCN(c2ccc(Nc3ncc4cc(C#N)c(=O)n(C5CCCC5)c4n3)cc2F)C1.S. The van der Waals surface area contributed by atoms with Crippen LogP contribution >= 0.6 is 13.5 Å². The molecule has 2 fully saturated rings. The molecule has 184 valence electrons. The molecule has 1 aliphatic carbocycles. The highest BCUT2D eigenvalue weighted by Crippen LogP contribution is 2.31. The van der Waals surface area contributed by atoms with Gasteiger partial charge in [-0.1, -0.05) is 12.8 Å². The van der Waals surface area contributed by atoms with Gasteiger partial charge in [0.05, 0.1) is 5.69 Å². The molecule has 3 heterocycles. The highest BCUT2D eigenvalue weighted by atomic mass is 32.1. The Morgan fingerprint density at radius 1 is 1.20 bits per heavy atom. The van der Waals surface area contributed by atoms with Crippen LogP contribution in [-0.2, 0) is 0 Å². The molecule has 2 aliphatic rings. The molecule has 8 nitrogen and oxygen atoms in total. The Labute approximate surface area is 210 Å². The normalized spacial score (nSPS) is 18.1. The summed E-state index contributed by atoms with van der Waals surface area (Å²) in [5.41, 5.74) is 1.40. The summed E-state index contributed by atoms with van der Waals surface area (Å²) in [5.74, 6) is -0.0175. The van der Waals surface area contributed by atoms with Gasteiger partial charge in [0, 0.05) is 42.4 Å². The second-order valence-corrected chi connectivity index (χ2v) is 9.40. The molecule has 35 heavy (non-hydrogen) atoms. The van der Waals surface area contributed by atoms with Crippen LogP contribution in [0, 0.1) is 17.1 Å². The molecule has 1 aliphatic heterocycles. The first kappa shape index (κ1) is 24.9. The Balaban J connectivity index is 0.00000289. The molecule has 0 radical (unpaired) electrons. The fraction of sp³-hybridized carbons (Fsp3) is 0.440. The van der Waals surface area contributed by atoms with Crippen molar-refractivity contribution >= 4 is 41.9 Å². The number of nitriles is 1. The maximum absolute atomic E-state index is 15.0. The van der Waals surface area contributed by atoms with Gasteiger partial charge in [0.25, 0.3) is 5.56 Å². The van der Waals surface area contributed by atoms with Gasteiger partial charge >= 0.3 is 0 Å². The Morgan fingerprint density at radius 3 is 2.63 bits per heavy atom. The largest absolute Gasteiger partial charge is 0.368 e. The summed E-state index contributed by atoms with van der Waals surface area (Å²) >= 11 is 0. The molecule has 5 rings (SSSR count). The second-order valence-electron chi connectivity index (χ2n) is 9.40. The fourth-order valence-electron chi connectivity index (χ4n) is 5.11. The third-order valence-corrected chi connectivity index (χ3v) is 7.02. The van der Waals surface area contributed by atoms with E-state index in [0.717, 1.165) is 45.2 Å². The minimum Gasteiger partial charge on any atom is -0.368 e. The van der Waals surface area contributed by atoms with E-state index in [2.05, 4.69) is 39.2 Å². The monoisotopic (exact) mass is 495 g/mol. The lowest BCUT2D eigenvalue weighted by molar-refractivity contribution is 0.315. The average molecular weight is 496 g/mol. The Hall–Kier alpha value is -3.16. The number of hydrogen-bond acceptors (Lipinski definition) is 7. The number of benzene rings is 1. The number of aromatic nitrogens is 3. The van der Waals surface area contributed by atoms with E-state index in [9.17, 15) is 14.4 Å². The number of fused-ring (bicyclic) bond motifs is 1. The van der Waals surface area contributed by atoms with Crippen LogP contribution in [0.25, 0.3) is 11.0 Å². The predicted octanol–water partition coefficient (Wildman–Crippen LogP) is 3.91. The quantitative estimate of drug-likeness (QED) is 0.574. The van der Waals surface area contributed by atoms with E-state index in [1.165, 1.54) is 6.07 Å². The summed E-state index contributed by atoms with van der Waals surface area (Å²) in [5, 5.41) is 13.1. The van der Waals surface area contributed by atoms with Crippen molar-refractivity contribution in [2.75, 3.05) is 37.4 Å². The molecule has 3 aromatic rings. The second kappa shape index (κ2) is 10.2. The van der Waals surface area contributed by atoms with Gasteiger partial charge in [0.2, 0.25) is 5.95 Å². The highest BCUT2D eigenvalue weighted by Gasteiger charge is 2.26. The van der Waals surface area contributed by atoms with Gasteiger partial charge in [-0.3, -0.25) is 9.36 Å². The first-order chi connectivity index (χ1) is 16.4. The van der Waals surface area contributed by atoms with Crippen LogP contribution in [-0.4, -0.2) is 52.7 Å². The summed E-state index contributed by atoms with van der Waals surface area (Å²) in [6.45, 7) is 1.62.